The van der Waals surface area contributed by atoms with Gasteiger partial charge in [0.2, 0.25) is 0 Å². The van der Waals surface area contributed by atoms with Crippen LogP contribution in [0.25, 0.3) is 0 Å². The maximum Gasteiger partial charge on any atom is 0.192 e. The molecule has 1 aliphatic carbocycles. The second-order valence-electron chi connectivity index (χ2n) is 8.70. The smallest absolute Gasteiger partial charge is 0.192 e. The molecule has 0 radical (unpaired) electrons. The number of rotatable bonds is 9. The first kappa shape index (κ1) is 25.9. The maximum atomic E-state index is 5.43. The average molecular weight is 572 g/mol. The van der Waals surface area contributed by atoms with Crippen LogP contribution in [0.3, 0.4) is 0 Å². The van der Waals surface area contributed by atoms with Gasteiger partial charge in [-0.1, -0.05) is 12.8 Å². The summed E-state index contributed by atoms with van der Waals surface area (Å²) in [4.78, 5) is 7.25. The topological polar surface area (TPSA) is 97.4 Å². The molecule has 0 bridgehead atoms. The van der Waals surface area contributed by atoms with E-state index in [9.17, 15) is 0 Å². The predicted molar refractivity (Wildman–Crippen MR) is 139 cm³/mol. The van der Waals surface area contributed by atoms with Crippen molar-refractivity contribution >= 4 is 29.9 Å². The Labute approximate surface area is 213 Å². The standard InChI is InChI=1S/C22H37N9O.HI/c1-18-26-27-21(29(18)2)17-25-22(23-9-5-10-30-12-14-32-15-13-30)24-16-19-8-11-31(28-19)20-6-3-4-7-20;/h8,11,20H,3-7,9-10,12-17H2,1-2H3,(H2,23,24,25);1H. The largest absolute Gasteiger partial charge is 0.379 e. The number of nitrogens with zero attached hydrogens (tertiary/aromatic N) is 7. The molecular weight excluding hydrogens is 533 g/mol. The first-order chi connectivity index (χ1) is 15.7. The molecule has 2 N–H and O–H groups in total. The summed E-state index contributed by atoms with van der Waals surface area (Å²) in [6.45, 7) is 8.73. The fourth-order valence-electron chi connectivity index (χ4n) is 4.27. The zero-order valence-electron chi connectivity index (χ0n) is 19.9. The Balaban J connectivity index is 0.00000306. The fourth-order valence-corrected chi connectivity index (χ4v) is 4.27. The molecule has 0 aromatic carbocycles. The summed E-state index contributed by atoms with van der Waals surface area (Å²) in [5.74, 6) is 2.56. The highest BCUT2D eigenvalue weighted by Gasteiger charge is 2.17. The Bertz CT molecular complexity index is 869. The van der Waals surface area contributed by atoms with Gasteiger partial charge in [0.05, 0.1) is 38.0 Å². The lowest BCUT2D eigenvalue weighted by atomic mass is 10.3. The van der Waals surface area contributed by atoms with Crippen molar-refractivity contribution in [2.45, 2.75) is 58.2 Å². The van der Waals surface area contributed by atoms with Gasteiger partial charge in [0.15, 0.2) is 11.8 Å². The summed E-state index contributed by atoms with van der Waals surface area (Å²) < 4.78 is 9.55. The zero-order chi connectivity index (χ0) is 22.2. The van der Waals surface area contributed by atoms with E-state index in [1.807, 2.05) is 18.5 Å². The Hall–Kier alpha value is -1.73. The van der Waals surface area contributed by atoms with Gasteiger partial charge in [-0.2, -0.15) is 5.10 Å². The zero-order valence-corrected chi connectivity index (χ0v) is 22.2. The Morgan fingerprint density at radius 3 is 2.70 bits per heavy atom. The number of aliphatic imine (C=N–C) groups is 1. The Morgan fingerprint density at radius 1 is 1.18 bits per heavy atom. The van der Waals surface area contributed by atoms with Crippen LogP contribution in [0.2, 0.25) is 0 Å². The molecule has 33 heavy (non-hydrogen) atoms. The second-order valence-corrected chi connectivity index (χ2v) is 8.70. The van der Waals surface area contributed by atoms with E-state index in [0.717, 1.165) is 69.1 Å². The van der Waals surface area contributed by atoms with Gasteiger partial charge < -0.3 is 19.9 Å². The SMILES string of the molecule is Cc1nnc(CNC(=NCc2ccn(C3CCCC3)n2)NCCCN2CCOCC2)n1C.I. The Kier molecular flexibility index (Phi) is 10.4. The molecule has 10 nitrogen and oxygen atoms in total. The highest BCUT2D eigenvalue weighted by Crippen LogP contribution is 2.28. The molecule has 1 saturated carbocycles. The molecule has 0 amide bonds. The maximum absolute atomic E-state index is 5.43. The Morgan fingerprint density at radius 2 is 1.97 bits per heavy atom. The number of halogens is 1. The average Bonchev–Trinajstić information content (AvgIpc) is 3.57. The number of ether oxygens (including phenoxy) is 1. The number of guanidine groups is 1. The monoisotopic (exact) mass is 571 g/mol. The number of hydrogen-bond acceptors (Lipinski definition) is 6. The van der Waals surface area contributed by atoms with Crippen molar-refractivity contribution in [1.82, 2.24) is 40.1 Å². The highest BCUT2D eigenvalue weighted by molar-refractivity contribution is 14.0. The molecule has 2 aromatic rings. The van der Waals surface area contributed by atoms with Crippen LogP contribution in [0.4, 0.5) is 0 Å². The van der Waals surface area contributed by atoms with Crippen molar-refractivity contribution in [2.75, 3.05) is 39.4 Å². The first-order valence-corrected chi connectivity index (χ1v) is 11.9. The minimum absolute atomic E-state index is 0. The summed E-state index contributed by atoms with van der Waals surface area (Å²) in [5, 5.41) is 20.0. The van der Waals surface area contributed by atoms with Gasteiger partial charge in [-0.15, -0.1) is 34.2 Å². The molecular formula is C22H38IN9O. The van der Waals surface area contributed by atoms with Crippen molar-refractivity contribution in [2.24, 2.45) is 12.0 Å². The van der Waals surface area contributed by atoms with Crippen LogP contribution >= 0.6 is 24.0 Å². The van der Waals surface area contributed by atoms with Gasteiger partial charge in [-0.25, -0.2) is 4.99 Å². The van der Waals surface area contributed by atoms with Crippen LogP contribution in [0.5, 0.6) is 0 Å². The molecule has 3 heterocycles. The molecule has 184 valence electrons. The van der Waals surface area contributed by atoms with Gasteiger partial charge in [-0.3, -0.25) is 9.58 Å². The predicted octanol–water partition coefficient (Wildman–Crippen LogP) is 2.01. The van der Waals surface area contributed by atoms with Crippen molar-refractivity contribution in [3.8, 4) is 0 Å². The van der Waals surface area contributed by atoms with E-state index in [2.05, 4.69) is 42.7 Å². The quantitative estimate of drug-likeness (QED) is 0.206. The molecule has 11 heteroatoms. The van der Waals surface area contributed by atoms with Crippen LogP contribution in [-0.2, 0) is 24.9 Å². The van der Waals surface area contributed by atoms with E-state index in [1.165, 1.54) is 25.7 Å². The molecule has 2 aliphatic rings. The summed E-state index contributed by atoms with van der Waals surface area (Å²) in [7, 11) is 1.98. The molecule has 1 aliphatic heterocycles. The van der Waals surface area contributed by atoms with Crippen molar-refractivity contribution in [1.29, 1.82) is 0 Å². The van der Waals surface area contributed by atoms with Crippen molar-refractivity contribution in [3.63, 3.8) is 0 Å². The molecule has 4 rings (SSSR count). The molecule has 2 aromatic heterocycles. The normalized spacial score (nSPS) is 17.8. The van der Waals surface area contributed by atoms with Crippen LogP contribution < -0.4 is 10.6 Å². The molecule has 1 saturated heterocycles. The van der Waals surface area contributed by atoms with Gasteiger partial charge in [0.25, 0.3) is 0 Å². The van der Waals surface area contributed by atoms with Crippen molar-refractivity contribution < 1.29 is 4.74 Å². The summed E-state index contributed by atoms with van der Waals surface area (Å²) in [6, 6.07) is 2.65. The molecule has 0 atom stereocenters. The number of aromatic nitrogens is 5. The fraction of sp³-hybridized carbons (Fsp3) is 0.727. The first-order valence-electron chi connectivity index (χ1n) is 11.9. The van der Waals surface area contributed by atoms with E-state index in [-0.39, 0.29) is 24.0 Å². The highest BCUT2D eigenvalue weighted by atomic mass is 127. The lowest BCUT2D eigenvalue weighted by molar-refractivity contribution is 0.0376. The van der Waals surface area contributed by atoms with Gasteiger partial charge in [-0.05, 0) is 38.8 Å². The lowest BCUT2D eigenvalue weighted by Crippen LogP contribution is -2.40. The number of hydrogen-bond donors (Lipinski definition) is 2. The van der Waals surface area contributed by atoms with Crippen molar-refractivity contribution in [3.05, 3.63) is 29.6 Å². The third-order valence-electron chi connectivity index (χ3n) is 6.41. The number of nitrogens with one attached hydrogen (secondary N) is 2. The summed E-state index contributed by atoms with van der Waals surface area (Å²) >= 11 is 0. The van der Waals surface area contributed by atoms with E-state index in [0.29, 0.717) is 19.1 Å². The minimum atomic E-state index is 0. The minimum Gasteiger partial charge on any atom is -0.379 e. The summed E-state index contributed by atoms with van der Waals surface area (Å²) in [5.41, 5.74) is 1.00. The van der Waals surface area contributed by atoms with Gasteiger partial charge in [0, 0.05) is 32.9 Å². The van der Waals surface area contributed by atoms with E-state index in [4.69, 9.17) is 14.8 Å². The molecule has 0 spiro atoms. The van der Waals surface area contributed by atoms with E-state index in [1.54, 1.807) is 0 Å². The summed E-state index contributed by atoms with van der Waals surface area (Å²) in [6.07, 6.45) is 8.24. The van der Waals surface area contributed by atoms with E-state index < -0.39 is 0 Å². The number of morpholine rings is 1. The third kappa shape index (κ3) is 7.64. The van der Waals surface area contributed by atoms with Gasteiger partial charge >= 0.3 is 0 Å². The molecule has 2 fully saturated rings. The number of aryl methyl sites for hydroxylation is 1. The van der Waals surface area contributed by atoms with Crippen LogP contribution in [-0.4, -0.2) is 74.8 Å². The van der Waals surface area contributed by atoms with Crippen LogP contribution in [0.15, 0.2) is 17.3 Å². The third-order valence-corrected chi connectivity index (χ3v) is 6.41. The van der Waals surface area contributed by atoms with Crippen LogP contribution in [0.1, 0.15) is 55.5 Å². The second kappa shape index (κ2) is 13.2. The lowest BCUT2D eigenvalue weighted by Gasteiger charge is -2.26. The molecule has 0 unspecified atom stereocenters. The van der Waals surface area contributed by atoms with E-state index >= 15 is 0 Å². The van der Waals surface area contributed by atoms with Gasteiger partial charge in [0.1, 0.15) is 5.82 Å². The van der Waals surface area contributed by atoms with Crippen LogP contribution in [0, 0.1) is 6.92 Å².